The normalized spacial score (nSPS) is 13.6. The third-order valence-electron chi connectivity index (χ3n) is 9.91. The third kappa shape index (κ3) is 8.46. The highest BCUT2D eigenvalue weighted by Gasteiger charge is 2.15. The first-order valence-electron chi connectivity index (χ1n) is 18.6. The van der Waals surface area contributed by atoms with Gasteiger partial charge in [-0.2, -0.15) is 0 Å². The van der Waals surface area contributed by atoms with Gasteiger partial charge in [-0.3, -0.25) is 0 Å². The topological polar surface area (TPSA) is 36.9 Å². The number of fused-ring (bicyclic) bond motifs is 4. The van der Waals surface area contributed by atoms with Gasteiger partial charge in [0.05, 0.1) is 26.4 Å². The smallest absolute Gasteiger partial charge is 0.161 e. The SMILES string of the molecule is CCC(C)COc1cc2c(cc1OCC(C)C)=c1cc(OCC(C)CC)c(OCC(C)CC)cc1=c1cc(C)ccc1=c1ccc(C)cc1=2. The van der Waals surface area contributed by atoms with E-state index in [0.29, 0.717) is 50.1 Å². The lowest BCUT2D eigenvalue weighted by molar-refractivity contribution is 0.217. The van der Waals surface area contributed by atoms with Crippen LogP contribution in [-0.4, -0.2) is 26.4 Å². The molecule has 1 aliphatic carbocycles. The molecule has 0 amide bonds. The van der Waals surface area contributed by atoms with E-state index in [1.54, 1.807) is 0 Å². The molecule has 0 N–H and O–H groups in total. The van der Waals surface area contributed by atoms with E-state index in [0.717, 1.165) is 63.1 Å². The minimum atomic E-state index is 0.376. The van der Waals surface area contributed by atoms with Crippen LogP contribution in [0.2, 0.25) is 0 Å². The van der Waals surface area contributed by atoms with Crippen LogP contribution in [0.4, 0.5) is 0 Å². The van der Waals surface area contributed by atoms with Crippen molar-refractivity contribution < 1.29 is 18.9 Å². The molecule has 49 heavy (non-hydrogen) atoms. The van der Waals surface area contributed by atoms with Gasteiger partial charge in [-0.05, 0) is 104 Å². The molecule has 0 aliphatic heterocycles. The molecule has 3 atom stereocenters. The second-order valence-electron chi connectivity index (χ2n) is 15.0. The van der Waals surface area contributed by atoms with Crippen molar-refractivity contribution in [3.63, 3.8) is 0 Å². The van der Waals surface area contributed by atoms with Crippen molar-refractivity contribution in [3.05, 3.63) is 114 Å². The number of hydrogen-bond acceptors (Lipinski definition) is 4. The Kier molecular flexibility index (Phi) is 12.0. The van der Waals surface area contributed by atoms with Crippen LogP contribution in [0.1, 0.15) is 85.8 Å². The fourth-order valence-electron chi connectivity index (χ4n) is 6.00. The fourth-order valence-corrected chi connectivity index (χ4v) is 6.00. The summed E-state index contributed by atoms with van der Waals surface area (Å²) in [6.45, 7) is 24.6. The van der Waals surface area contributed by atoms with E-state index in [9.17, 15) is 0 Å². The number of benzene rings is 4. The molecule has 5 rings (SSSR count). The first-order valence-corrected chi connectivity index (χ1v) is 18.6. The second kappa shape index (κ2) is 16.2. The molecule has 0 saturated carbocycles. The lowest BCUT2D eigenvalue weighted by Crippen LogP contribution is -2.11. The molecule has 0 fully saturated rings. The highest BCUT2D eigenvalue weighted by Crippen LogP contribution is 2.34. The summed E-state index contributed by atoms with van der Waals surface area (Å²) in [5, 5.41) is 9.25. The largest absolute Gasteiger partial charge is 0.489 e. The van der Waals surface area contributed by atoms with E-state index in [1.807, 2.05) is 0 Å². The first kappa shape index (κ1) is 36.4. The molecule has 0 bridgehead atoms. The monoisotopic (exact) mass is 662 g/mol. The van der Waals surface area contributed by atoms with Gasteiger partial charge in [-0.1, -0.05) is 122 Å². The van der Waals surface area contributed by atoms with Crippen LogP contribution in [0.15, 0.2) is 60.7 Å². The van der Waals surface area contributed by atoms with Gasteiger partial charge in [0.2, 0.25) is 0 Å². The minimum Gasteiger partial charge on any atom is -0.489 e. The number of aryl methyl sites for hydroxylation is 2. The van der Waals surface area contributed by atoms with Crippen molar-refractivity contribution in [2.45, 2.75) is 88.5 Å². The van der Waals surface area contributed by atoms with E-state index >= 15 is 0 Å². The van der Waals surface area contributed by atoms with Crippen LogP contribution < -0.4 is 18.9 Å². The van der Waals surface area contributed by atoms with Crippen LogP contribution in [-0.2, 0) is 0 Å². The second-order valence-corrected chi connectivity index (χ2v) is 15.0. The van der Waals surface area contributed by atoms with Crippen LogP contribution in [0.5, 0.6) is 23.0 Å². The van der Waals surface area contributed by atoms with E-state index in [4.69, 9.17) is 18.9 Å². The van der Waals surface area contributed by atoms with Crippen molar-refractivity contribution >= 4 is 0 Å². The maximum absolute atomic E-state index is 6.64. The van der Waals surface area contributed by atoms with Gasteiger partial charge in [0, 0.05) is 0 Å². The first-order chi connectivity index (χ1) is 23.5. The van der Waals surface area contributed by atoms with Crippen molar-refractivity contribution in [3.8, 4) is 23.0 Å². The number of rotatable bonds is 15. The Bertz CT molecular complexity index is 2150. The quantitative estimate of drug-likeness (QED) is 0.112. The van der Waals surface area contributed by atoms with Gasteiger partial charge in [-0.15, -0.1) is 0 Å². The van der Waals surface area contributed by atoms with Crippen molar-refractivity contribution in [2.75, 3.05) is 26.4 Å². The van der Waals surface area contributed by atoms with Crippen molar-refractivity contribution in [2.24, 2.45) is 23.7 Å². The Balaban J connectivity index is 2.04. The summed E-state index contributed by atoms with van der Waals surface area (Å²) >= 11 is 0. The predicted molar refractivity (Wildman–Crippen MR) is 201 cm³/mol. The molecule has 0 spiro atoms. The van der Waals surface area contributed by atoms with Gasteiger partial charge < -0.3 is 18.9 Å². The molecule has 0 aromatic heterocycles. The highest BCUT2D eigenvalue weighted by molar-refractivity contribution is 5.47. The Morgan fingerprint density at radius 2 is 0.673 bits per heavy atom. The van der Waals surface area contributed by atoms with Crippen LogP contribution in [0.3, 0.4) is 0 Å². The average molecular weight is 663 g/mol. The summed E-state index contributed by atoms with van der Waals surface area (Å²) in [7, 11) is 0. The maximum atomic E-state index is 6.64. The molecule has 4 nitrogen and oxygen atoms in total. The van der Waals surface area contributed by atoms with Gasteiger partial charge in [0.25, 0.3) is 0 Å². The van der Waals surface area contributed by atoms with Crippen molar-refractivity contribution in [1.29, 1.82) is 0 Å². The Hall–Kier alpha value is -3.92. The number of hydrogen-bond donors (Lipinski definition) is 0. The molecule has 3 unspecified atom stereocenters. The van der Waals surface area contributed by atoms with Gasteiger partial charge in [0.15, 0.2) is 23.0 Å². The number of ether oxygens (including phenoxy) is 4. The summed E-state index contributed by atoms with van der Waals surface area (Å²) in [6, 6.07) is 22.5. The molecule has 4 aromatic carbocycles. The summed E-state index contributed by atoms with van der Waals surface area (Å²) < 4.78 is 26.4. The molecule has 4 heteroatoms. The Labute approximate surface area is 293 Å². The summed E-state index contributed by atoms with van der Waals surface area (Å²) in [5.41, 5.74) is 2.43. The predicted octanol–water partition coefficient (Wildman–Crippen LogP) is 11.1. The average Bonchev–Trinajstić information content (AvgIpc) is 3.10. The molecule has 262 valence electrons. The third-order valence-corrected chi connectivity index (χ3v) is 9.91. The minimum absolute atomic E-state index is 0.376. The van der Waals surface area contributed by atoms with Gasteiger partial charge in [0.1, 0.15) is 0 Å². The molecule has 4 aromatic rings. The van der Waals surface area contributed by atoms with E-state index < -0.39 is 0 Å². The highest BCUT2D eigenvalue weighted by atomic mass is 16.5. The zero-order chi connectivity index (χ0) is 35.2. The molecule has 0 heterocycles. The molecule has 1 aliphatic rings. The fraction of sp³-hybridized carbons (Fsp3) is 0.467. The summed E-state index contributed by atoms with van der Waals surface area (Å²) in [4.78, 5) is 0. The maximum Gasteiger partial charge on any atom is 0.161 e. The molecule has 0 radical (unpaired) electrons. The van der Waals surface area contributed by atoms with E-state index in [2.05, 4.69) is 130 Å². The Morgan fingerprint density at radius 3 is 0.959 bits per heavy atom. The van der Waals surface area contributed by atoms with Gasteiger partial charge in [-0.25, -0.2) is 0 Å². The zero-order valence-corrected chi connectivity index (χ0v) is 31.7. The summed E-state index contributed by atoms with van der Waals surface area (Å²) in [6.07, 6.45) is 3.16. The standard InChI is InChI=1S/C45H58O4/c1-11-29(6)25-47-43-20-38-36-18-32(9)14-16-34(36)35-17-15-33(10)19-37(35)39-21-44(48-26-30(7)12-2)45(49-27-31(8)13-3)23-41(39)40(38)22-42(43)46-24-28(4)5/h14-23,28-31H,11-13,24-27H2,1-10H3. The van der Waals surface area contributed by atoms with Crippen LogP contribution in [0, 0.1) is 79.3 Å². The van der Waals surface area contributed by atoms with Crippen LogP contribution in [0.25, 0.3) is 0 Å². The lowest BCUT2D eigenvalue weighted by atomic mass is 9.99. The Morgan fingerprint density at radius 1 is 0.388 bits per heavy atom. The van der Waals surface area contributed by atoms with E-state index in [-0.39, 0.29) is 0 Å². The molecule has 0 saturated heterocycles. The zero-order valence-electron chi connectivity index (χ0n) is 31.7. The molecular weight excluding hydrogens is 604 g/mol. The van der Waals surface area contributed by atoms with Gasteiger partial charge >= 0.3 is 0 Å². The lowest BCUT2D eigenvalue weighted by Gasteiger charge is -2.18. The van der Waals surface area contributed by atoms with Crippen molar-refractivity contribution in [1.82, 2.24) is 0 Å². The molecular formula is C45H58O4. The summed E-state index contributed by atoms with van der Waals surface area (Å²) in [5.74, 6) is 4.83. The van der Waals surface area contributed by atoms with Crippen LogP contribution >= 0.6 is 0 Å². The van der Waals surface area contributed by atoms with E-state index in [1.165, 1.54) is 32.0 Å².